The number of allylic oxidation sites excluding steroid dienone is 5. The molecule has 3 nitrogen and oxygen atoms in total. The third-order valence-electron chi connectivity index (χ3n) is 9.58. The molecule has 0 radical (unpaired) electrons. The molecule has 228 valence electrons. The maximum absolute atomic E-state index is 6.55. The van der Waals surface area contributed by atoms with Crippen LogP contribution in [0.3, 0.4) is 0 Å². The lowest BCUT2D eigenvalue weighted by Crippen LogP contribution is -2.32. The van der Waals surface area contributed by atoms with Crippen LogP contribution in [0.15, 0.2) is 163 Å². The number of hydrogen-bond donors (Lipinski definition) is 0. The molecule has 0 bridgehead atoms. The molecule has 0 amide bonds. The van der Waals surface area contributed by atoms with E-state index in [1.807, 2.05) is 48.5 Å². The molecular weight excluding hydrogens is 605 g/mol. The molecule has 1 aliphatic heterocycles. The van der Waals surface area contributed by atoms with Gasteiger partial charge in [-0.1, -0.05) is 110 Å². The molecule has 9 rings (SSSR count). The number of rotatable bonds is 5. The lowest BCUT2D eigenvalue weighted by atomic mass is 9.65. The molecule has 0 N–H and O–H groups in total. The number of aromatic nitrogens is 2. The third-order valence-corrected chi connectivity index (χ3v) is 10.5. The second-order valence-electron chi connectivity index (χ2n) is 12.3. The van der Waals surface area contributed by atoms with E-state index in [-0.39, 0.29) is 0 Å². The van der Waals surface area contributed by atoms with E-state index in [9.17, 15) is 0 Å². The lowest BCUT2D eigenvalue weighted by Gasteiger charge is -2.40. The number of hydrogen-bond acceptors (Lipinski definition) is 4. The van der Waals surface area contributed by atoms with E-state index in [2.05, 4.69) is 116 Å². The highest BCUT2D eigenvalue weighted by molar-refractivity contribution is 7.17. The molecule has 1 spiro atoms. The van der Waals surface area contributed by atoms with Gasteiger partial charge in [0.15, 0.2) is 5.82 Å². The Morgan fingerprint density at radius 1 is 0.708 bits per heavy atom. The van der Waals surface area contributed by atoms with Gasteiger partial charge in [0.05, 0.1) is 16.8 Å². The summed E-state index contributed by atoms with van der Waals surface area (Å²) in [4.78, 5) is 10.2. The molecule has 1 aliphatic carbocycles. The summed E-state index contributed by atoms with van der Waals surface area (Å²) in [5, 5.41) is 3.41. The van der Waals surface area contributed by atoms with Crippen molar-refractivity contribution in [3.63, 3.8) is 0 Å². The summed E-state index contributed by atoms with van der Waals surface area (Å²) in [6, 6.07) is 46.5. The summed E-state index contributed by atoms with van der Waals surface area (Å²) in [6.07, 6.45) is 4.35. The van der Waals surface area contributed by atoms with E-state index in [4.69, 9.17) is 14.7 Å². The zero-order chi connectivity index (χ0) is 32.2. The van der Waals surface area contributed by atoms with Gasteiger partial charge in [0.2, 0.25) is 0 Å². The van der Waals surface area contributed by atoms with E-state index >= 15 is 0 Å². The molecule has 4 heteroatoms. The average molecular weight is 635 g/mol. The number of fused-ring (bicyclic) bond motifs is 7. The van der Waals surface area contributed by atoms with Crippen LogP contribution in [0, 0.1) is 0 Å². The van der Waals surface area contributed by atoms with Gasteiger partial charge in [-0.2, -0.15) is 0 Å². The lowest BCUT2D eigenvalue weighted by molar-refractivity contribution is 0.436. The third kappa shape index (κ3) is 4.27. The van der Waals surface area contributed by atoms with Crippen LogP contribution >= 0.6 is 11.3 Å². The first-order valence-corrected chi connectivity index (χ1v) is 17.0. The minimum Gasteiger partial charge on any atom is -0.457 e. The molecule has 2 aliphatic rings. The van der Waals surface area contributed by atoms with Crippen LogP contribution in [-0.2, 0) is 5.41 Å². The zero-order valence-electron chi connectivity index (χ0n) is 26.4. The van der Waals surface area contributed by atoms with Crippen molar-refractivity contribution in [2.45, 2.75) is 12.3 Å². The Balaban J connectivity index is 1.33. The summed E-state index contributed by atoms with van der Waals surface area (Å²) < 4.78 is 7.81. The van der Waals surface area contributed by atoms with Crippen LogP contribution in [0.4, 0.5) is 0 Å². The number of benzene rings is 5. The second kappa shape index (κ2) is 11.2. The minimum absolute atomic E-state index is 0.594. The van der Waals surface area contributed by atoms with Gasteiger partial charge < -0.3 is 4.74 Å². The second-order valence-corrected chi connectivity index (χ2v) is 13.2. The number of thiophene rings is 1. The minimum atomic E-state index is -0.594. The summed E-state index contributed by atoms with van der Waals surface area (Å²) in [5.74, 6) is 2.43. The Hall–Kier alpha value is -5.84. The Morgan fingerprint density at radius 2 is 1.35 bits per heavy atom. The van der Waals surface area contributed by atoms with Crippen molar-refractivity contribution in [1.82, 2.24) is 9.97 Å². The zero-order valence-corrected chi connectivity index (χ0v) is 27.2. The summed E-state index contributed by atoms with van der Waals surface area (Å²) >= 11 is 1.78. The van der Waals surface area contributed by atoms with Crippen LogP contribution in [-0.4, -0.2) is 9.97 Å². The van der Waals surface area contributed by atoms with Crippen molar-refractivity contribution in [2.24, 2.45) is 0 Å². The molecule has 48 heavy (non-hydrogen) atoms. The van der Waals surface area contributed by atoms with Crippen molar-refractivity contribution in [2.75, 3.05) is 0 Å². The normalized spacial score (nSPS) is 14.4. The standard InChI is InChI=1S/C44H30N2OS/c1-3-34-32(24-28(2)38-27-39(29-14-6-4-7-15-29)46-43(45-38)30-16-8-5-9-17-30)33-25-31-22-23-48-42(31)26-37(33)44(34)35-18-10-12-20-40(35)47-41-21-13-11-19-36(41)44/h3-27H,1H2,2H3/b28-24+. The fourth-order valence-electron chi connectivity index (χ4n) is 7.44. The van der Waals surface area contributed by atoms with Crippen LogP contribution < -0.4 is 4.74 Å². The van der Waals surface area contributed by atoms with Gasteiger partial charge in [-0.15, -0.1) is 11.3 Å². The highest BCUT2D eigenvalue weighted by Gasteiger charge is 2.51. The van der Waals surface area contributed by atoms with Gasteiger partial charge in [0.25, 0.3) is 0 Å². The number of para-hydroxylation sites is 2. The molecular formula is C44H30N2OS. The van der Waals surface area contributed by atoms with Crippen molar-refractivity contribution in [3.05, 3.63) is 191 Å². The van der Waals surface area contributed by atoms with Crippen molar-refractivity contribution >= 4 is 32.6 Å². The van der Waals surface area contributed by atoms with E-state index in [0.717, 1.165) is 61.9 Å². The molecule has 0 fully saturated rings. The van der Waals surface area contributed by atoms with E-state index in [1.54, 1.807) is 11.3 Å². The van der Waals surface area contributed by atoms with Crippen LogP contribution in [0.25, 0.3) is 43.9 Å². The SMILES string of the molecule is C=CC1=C(/C=C(\C)c2cc(-c3ccccc3)nc(-c3ccccc3)n2)c2cc3ccsc3cc2C12c1ccccc1Oc1ccccc12. The number of nitrogens with zero attached hydrogens (tertiary/aromatic N) is 2. The van der Waals surface area contributed by atoms with Crippen molar-refractivity contribution in [3.8, 4) is 34.1 Å². The Kier molecular flexibility index (Phi) is 6.59. The van der Waals surface area contributed by atoms with E-state index in [0.29, 0.717) is 5.82 Å². The largest absolute Gasteiger partial charge is 0.457 e. The van der Waals surface area contributed by atoms with Crippen molar-refractivity contribution in [1.29, 1.82) is 0 Å². The van der Waals surface area contributed by atoms with Gasteiger partial charge >= 0.3 is 0 Å². The quantitative estimate of drug-likeness (QED) is 0.189. The number of ether oxygens (including phenoxy) is 1. The van der Waals surface area contributed by atoms with Gasteiger partial charge in [-0.05, 0) is 88.0 Å². The maximum atomic E-state index is 6.55. The summed E-state index contributed by atoms with van der Waals surface area (Å²) in [6.45, 7) is 6.62. The van der Waals surface area contributed by atoms with Crippen LogP contribution in [0.2, 0.25) is 0 Å². The first kappa shape index (κ1) is 28.4. The highest BCUT2D eigenvalue weighted by atomic mass is 32.1. The smallest absolute Gasteiger partial charge is 0.160 e. The molecule has 7 aromatic rings. The molecule has 0 saturated heterocycles. The maximum Gasteiger partial charge on any atom is 0.160 e. The first-order valence-electron chi connectivity index (χ1n) is 16.1. The topological polar surface area (TPSA) is 35.0 Å². The predicted octanol–water partition coefficient (Wildman–Crippen LogP) is 11.5. The van der Waals surface area contributed by atoms with Gasteiger partial charge in [-0.3, -0.25) is 0 Å². The molecule has 2 aromatic heterocycles. The average Bonchev–Trinajstić information content (AvgIpc) is 3.71. The fraction of sp³-hybridized carbons (Fsp3) is 0.0455. The fourth-order valence-corrected chi connectivity index (χ4v) is 8.25. The van der Waals surface area contributed by atoms with Gasteiger partial charge in [0.1, 0.15) is 11.5 Å². The predicted molar refractivity (Wildman–Crippen MR) is 198 cm³/mol. The molecule has 0 saturated carbocycles. The van der Waals surface area contributed by atoms with Gasteiger partial charge in [-0.25, -0.2) is 9.97 Å². The van der Waals surface area contributed by atoms with E-state index < -0.39 is 5.41 Å². The van der Waals surface area contributed by atoms with Crippen LogP contribution in [0.1, 0.15) is 34.9 Å². The first-order chi connectivity index (χ1) is 23.6. The monoisotopic (exact) mass is 634 g/mol. The van der Waals surface area contributed by atoms with Gasteiger partial charge in [0, 0.05) is 27.0 Å². The highest BCUT2D eigenvalue weighted by Crippen LogP contribution is 2.62. The Labute approximate surface area is 283 Å². The van der Waals surface area contributed by atoms with E-state index in [1.165, 1.54) is 21.2 Å². The molecule has 3 heterocycles. The summed E-state index contributed by atoms with van der Waals surface area (Å²) in [7, 11) is 0. The van der Waals surface area contributed by atoms with Crippen molar-refractivity contribution < 1.29 is 4.74 Å². The Morgan fingerprint density at radius 3 is 2.04 bits per heavy atom. The molecule has 0 unspecified atom stereocenters. The Bertz CT molecular complexity index is 2350. The van der Waals surface area contributed by atoms with Crippen LogP contribution in [0.5, 0.6) is 11.5 Å². The molecule has 0 atom stereocenters. The summed E-state index contributed by atoms with van der Waals surface area (Å²) in [5.41, 5.74) is 11.2. The molecule has 5 aromatic carbocycles.